The van der Waals surface area contributed by atoms with E-state index in [0.29, 0.717) is 8.95 Å². The van der Waals surface area contributed by atoms with Crippen molar-refractivity contribution in [3.8, 4) is 0 Å². The molecule has 1 nitrogen and oxygen atoms in total. The van der Waals surface area contributed by atoms with Crippen molar-refractivity contribution >= 4 is 31.9 Å². The van der Waals surface area contributed by atoms with E-state index in [1.807, 2.05) is 0 Å². The minimum absolute atomic E-state index is 0.204. The number of aliphatic hydroxyl groups is 1. The molecule has 0 saturated carbocycles. The minimum Gasteiger partial charge on any atom is -0.390 e. The monoisotopic (exact) mass is 314 g/mol. The van der Waals surface area contributed by atoms with Crippen LogP contribution in [0, 0.1) is 0 Å². The molecule has 72 valence electrons. The van der Waals surface area contributed by atoms with Crippen LogP contribution in [0.25, 0.3) is 0 Å². The summed E-state index contributed by atoms with van der Waals surface area (Å²) in [4.78, 5) is 0. The first kappa shape index (κ1) is 11.1. The molecule has 0 fully saturated rings. The van der Waals surface area contributed by atoms with E-state index in [9.17, 15) is 8.78 Å². The highest BCUT2D eigenvalue weighted by molar-refractivity contribution is 9.13. The minimum atomic E-state index is -3.18. The molecule has 0 amide bonds. The molecule has 0 radical (unpaired) electrons. The molecule has 13 heavy (non-hydrogen) atoms. The van der Waals surface area contributed by atoms with E-state index in [4.69, 9.17) is 5.11 Å². The van der Waals surface area contributed by atoms with Gasteiger partial charge < -0.3 is 5.11 Å². The van der Waals surface area contributed by atoms with Crippen molar-refractivity contribution in [2.75, 3.05) is 6.61 Å². The van der Waals surface area contributed by atoms with E-state index in [-0.39, 0.29) is 5.56 Å². The van der Waals surface area contributed by atoms with Gasteiger partial charge in [-0.2, -0.15) is 8.78 Å². The largest absolute Gasteiger partial charge is 0.390 e. The summed E-state index contributed by atoms with van der Waals surface area (Å²) in [5, 5.41) is 8.43. The summed E-state index contributed by atoms with van der Waals surface area (Å²) in [5.74, 6) is -3.18. The molecular formula is C8H6Br2F2O. The van der Waals surface area contributed by atoms with Crippen molar-refractivity contribution in [3.63, 3.8) is 0 Å². The quantitative estimate of drug-likeness (QED) is 0.888. The average Bonchev–Trinajstić information content (AvgIpc) is 2.09. The normalized spacial score (nSPS) is 11.8. The van der Waals surface area contributed by atoms with E-state index in [0.717, 1.165) is 0 Å². The Hall–Kier alpha value is -0.000000000000000111. The third-order valence-electron chi connectivity index (χ3n) is 1.54. The van der Waals surface area contributed by atoms with Crippen LogP contribution in [-0.2, 0) is 5.92 Å². The van der Waals surface area contributed by atoms with Gasteiger partial charge in [0.1, 0.15) is 6.61 Å². The zero-order valence-corrected chi connectivity index (χ0v) is 9.57. The van der Waals surface area contributed by atoms with Crippen molar-refractivity contribution in [1.82, 2.24) is 0 Å². The Morgan fingerprint density at radius 2 is 1.85 bits per heavy atom. The van der Waals surface area contributed by atoms with Crippen molar-refractivity contribution in [1.29, 1.82) is 0 Å². The van der Waals surface area contributed by atoms with Gasteiger partial charge in [0, 0.05) is 14.5 Å². The van der Waals surface area contributed by atoms with Gasteiger partial charge in [-0.3, -0.25) is 0 Å². The lowest BCUT2D eigenvalue weighted by atomic mass is 10.1. The van der Waals surface area contributed by atoms with Gasteiger partial charge in [-0.15, -0.1) is 0 Å². The Bertz CT molecular complexity index is 315. The second-order valence-electron chi connectivity index (χ2n) is 2.49. The summed E-state index contributed by atoms with van der Waals surface area (Å²) in [6, 6.07) is 4.05. The first-order valence-electron chi connectivity index (χ1n) is 3.41. The zero-order valence-electron chi connectivity index (χ0n) is 6.40. The van der Waals surface area contributed by atoms with Crippen molar-refractivity contribution in [3.05, 3.63) is 32.7 Å². The SMILES string of the molecule is OCC(F)(F)c1ccc(Br)c(Br)c1. The Labute approximate surface area is 91.0 Å². The van der Waals surface area contributed by atoms with Gasteiger partial charge >= 0.3 is 0 Å². The Balaban J connectivity index is 3.10. The van der Waals surface area contributed by atoms with Gasteiger partial charge in [0.05, 0.1) is 0 Å². The third kappa shape index (κ3) is 2.48. The van der Waals surface area contributed by atoms with E-state index in [1.165, 1.54) is 18.2 Å². The summed E-state index contributed by atoms with van der Waals surface area (Å²) in [6.45, 7) is -1.18. The standard InChI is InChI=1S/C8H6Br2F2O/c9-6-2-1-5(3-7(6)10)8(11,12)4-13/h1-3,13H,4H2. The predicted octanol–water partition coefficient (Wildman–Crippen LogP) is 3.30. The lowest BCUT2D eigenvalue weighted by molar-refractivity contribution is -0.0556. The Kier molecular flexibility index (Phi) is 3.43. The lowest BCUT2D eigenvalue weighted by Crippen LogP contribution is -2.18. The van der Waals surface area contributed by atoms with E-state index in [1.54, 1.807) is 0 Å². The topological polar surface area (TPSA) is 20.2 Å². The van der Waals surface area contributed by atoms with Crippen molar-refractivity contribution < 1.29 is 13.9 Å². The first-order valence-corrected chi connectivity index (χ1v) is 5.00. The summed E-state index contributed by atoms with van der Waals surface area (Å²) >= 11 is 6.27. The molecule has 0 heterocycles. The van der Waals surface area contributed by atoms with E-state index < -0.39 is 12.5 Å². The van der Waals surface area contributed by atoms with Gasteiger partial charge in [0.25, 0.3) is 5.92 Å². The van der Waals surface area contributed by atoms with Crippen LogP contribution in [0.3, 0.4) is 0 Å². The molecule has 0 unspecified atom stereocenters. The molecule has 0 aromatic heterocycles. The van der Waals surface area contributed by atoms with E-state index in [2.05, 4.69) is 31.9 Å². The van der Waals surface area contributed by atoms with Crippen LogP contribution in [0.4, 0.5) is 8.78 Å². The number of hydrogen-bond acceptors (Lipinski definition) is 1. The Morgan fingerprint density at radius 1 is 1.23 bits per heavy atom. The van der Waals surface area contributed by atoms with E-state index >= 15 is 0 Å². The molecule has 0 bridgehead atoms. The fraction of sp³-hybridized carbons (Fsp3) is 0.250. The van der Waals surface area contributed by atoms with Crippen LogP contribution in [-0.4, -0.2) is 11.7 Å². The van der Waals surface area contributed by atoms with Gasteiger partial charge in [0.2, 0.25) is 0 Å². The first-order chi connectivity index (χ1) is 5.97. The summed E-state index contributed by atoms with van der Waals surface area (Å²) in [6.07, 6.45) is 0. The van der Waals surface area contributed by atoms with Gasteiger partial charge in [-0.05, 0) is 44.0 Å². The zero-order chi connectivity index (χ0) is 10.1. The van der Waals surface area contributed by atoms with Crippen LogP contribution in [0.2, 0.25) is 0 Å². The van der Waals surface area contributed by atoms with Crippen molar-refractivity contribution in [2.45, 2.75) is 5.92 Å². The number of benzene rings is 1. The Morgan fingerprint density at radius 3 is 2.31 bits per heavy atom. The number of alkyl halides is 2. The number of halogens is 4. The van der Waals surface area contributed by atoms with Crippen LogP contribution >= 0.6 is 31.9 Å². The molecule has 0 atom stereocenters. The fourth-order valence-electron chi connectivity index (χ4n) is 0.815. The molecule has 0 spiro atoms. The second kappa shape index (κ2) is 4.02. The van der Waals surface area contributed by atoms with Gasteiger partial charge in [-0.25, -0.2) is 0 Å². The van der Waals surface area contributed by atoms with Gasteiger partial charge in [0.15, 0.2) is 0 Å². The molecule has 1 rings (SSSR count). The molecule has 0 aliphatic carbocycles. The molecule has 0 aliphatic rings. The third-order valence-corrected chi connectivity index (χ3v) is 3.42. The summed E-state index contributed by atoms with van der Waals surface area (Å²) < 4.78 is 27.1. The molecular weight excluding hydrogens is 310 g/mol. The molecule has 0 saturated heterocycles. The molecule has 0 aliphatic heterocycles. The highest BCUT2D eigenvalue weighted by Gasteiger charge is 2.30. The highest BCUT2D eigenvalue weighted by Crippen LogP contribution is 2.32. The van der Waals surface area contributed by atoms with Gasteiger partial charge in [-0.1, -0.05) is 6.07 Å². The lowest BCUT2D eigenvalue weighted by Gasteiger charge is -2.13. The summed E-state index contributed by atoms with van der Waals surface area (Å²) in [5.41, 5.74) is -0.204. The molecule has 1 N–H and O–H groups in total. The molecule has 1 aromatic carbocycles. The molecule has 5 heteroatoms. The smallest absolute Gasteiger partial charge is 0.295 e. The summed E-state index contributed by atoms with van der Waals surface area (Å²) in [7, 11) is 0. The number of hydrogen-bond donors (Lipinski definition) is 1. The predicted molar refractivity (Wildman–Crippen MR) is 52.8 cm³/mol. The van der Waals surface area contributed by atoms with Crippen LogP contribution in [0.1, 0.15) is 5.56 Å². The number of aliphatic hydroxyl groups excluding tert-OH is 1. The second-order valence-corrected chi connectivity index (χ2v) is 4.20. The average molecular weight is 316 g/mol. The van der Waals surface area contributed by atoms with Crippen LogP contribution in [0.5, 0.6) is 0 Å². The van der Waals surface area contributed by atoms with Crippen molar-refractivity contribution in [2.24, 2.45) is 0 Å². The number of rotatable bonds is 2. The highest BCUT2D eigenvalue weighted by atomic mass is 79.9. The maximum Gasteiger partial charge on any atom is 0.295 e. The van der Waals surface area contributed by atoms with Crippen LogP contribution in [0.15, 0.2) is 27.1 Å². The molecule has 1 aromatic rings. The van der Waals surface area contributed by atoms with Crippen LogP contribution < -0.4 is 0 Å². The maximum atomic E-state index is 12.9. The fourth-order valence-corrected chi connectivity index (χ4v) is 1.44. The maximum absolute atomic E-state index is 12.9.